The van der Waals surface area contributed by atoms with Crippen LogP contribution in [0.4, 0.5) is 11.9 Å². The molecule has 1 aliphatic heterocycles. The predicted octanol–water partition coefficient (Wildman–Crippen LogP) is -1.98. The Morgan fingerprint density at radius 3 is 2.79 bits per heavy atom. The van der Waals surface area contributed by atoms with Gasteiger partial charge in [0.25, 0.3) is 0 Å². The third-order valence-electron chi connectivity index (χ3n) is 2.60. The molecule has 1 unspecified atom stereocenters. The number of piperazine rings is 1. The van der Waals surface area contributed by atoms with Gasteiger partial charge >= 0.3 is 6.01 Å². The molecule has 1 atom stereocenters. The van der Waals surface area contributed by atoms with Gasteiger partial charge in [-0.25, -0.2) is 5.84 Å². The molecule has 0 aromatic carbocycles. The summed E-state index contributed by atoms with van der Waals surface area (Å²) in [6, 6.07) is -0.556. The van der Waals surface area contributed by atoms with Gasteiger partial charge in [-0.2, -0.15) is 15.0 Å². The van der Waals surface area contributed by atoms with E-state index >= 15 is 0 Å². The Morgan fingerprint density at radius 2 is 2.16 bits per heavy atom. The quantitative estimate of drug-likeness (QED) is 0.323. The maximum Gasteiger partial charge on any atom is 0.322 e. The van der Waals surface area contributed by atoms with Gasteiger partial charge in [-0.15, -0.1) is 0 Å². The molecule has 2 rings (SSSR count). The van der Waals surface area contributed by atoms with Crippen LogP contribution in [-0.2, 0) is 9.59 Å². The molecule has 0 saturated carbocycles. The average molecular weight is 267 g/mol. The third kappa shape index (κ3) is 2.52. The molecule has 10 heteroatoms. The number of rotatable bonds is 3. The summed E-state index contributed by atoms with van der Waals surface area (Å²) in [5, 5.41) is 2.22. The minimum Gasteiger partial charge on any atom is -0.467 e. The van der Waals surface area contributed by atoms with Crippen molar-refractivity contribution in [2.75, 3.05) is 24.0 Å². The number of aromatic nitrogens is 3. The standard InChI is InChI=1S/C9H13N7O3/c1-4-6(18)11-5(17)3-16(4)8-12-7(15-10)13-9(14-8)19-2/h4H,3,10H2,1-2H3,(H,11,17,18)(H,12,13,14,15). The van der Waals surface area contributed by atoms with Crippen LogP contribution in [0.15, 0.2) is 0 Å². The summed E-state index contributed by atoms with van der Waals surface area (Å²) in [6.45, 7) is 1.59. The van der Waals surface area contributed by atoms with Crippen LogP contribution in [0.5, 0.6) is 6.01 Å². The number of methoxy groups -OCH3 is 1. The van der Waals surface area contributed by atoms with Crippen molar-refractivity contribution in [1.82, 2.24) is 20.3 Å². The van der Waals surface area contributed by atoms with E-state index < -0.39 is 17.9 Å². The second kappa shape index (κ2) is 5.02. The number of hydrazine groups is 1. The van der Waals surface area contributed by atoms with E-state index in [2.05, 4.69) is 25.7 Å². The number of carbonyl (C=O) groups excluding carboxylic acids is 2. The molecule has 102 valence electrons. The molecular formula is C9H13N7O3. The van der Waals surface area contributed by atoms with Gasteiger partial charge in [-0.1, -0.05) is 0 Å². The van der Waals surface area contributed by atoms with Crippen LogP contribution in [-0.4, -0.2) is 46.5 Å². The molecule has 2 heterocycles. The van der Waals surface area contributed by atoms with Gasteiger partial charge in [0.15, 0.2) is 0 Å². The lowest BCUT2D eigenvalue weighted by Gasteiger charge is -2.31. The predicted molar refractivity (Wildman–Crippen MR) is 64.1 cm³/mol. The summed E-state index contributed by atoms with van der Waals surface area (Å²) in [6.07, 6.45) is 0. The lowest BCUT2D eigenvalue weighted by Crippen LogP contribution is -2.57. The molecular weight excluding hydrogens is 254 g/mol. The molecule has 19 heavy (non-hydrogen) atoms. The first-order chi connectivity index (χ1) is 9.05. The zero-order valence-corrected chi connectivity index (χ0v) is 10.4. The highest BCUT2D eigenvalue weighted by Gasteiger charge is 2.32. The largest absolute Gasteiger partial charge is 0.467 e. The zero-order valence-electron chi connectivity index (χ0n) is 10.4. The average Bonchev–Trinajstić information content (AvgIpc) is 2.42. The summed E-state index contributed by atoms with van der Waals surface area (Å²) in [4.78, 5) is 36.2. The topological polar surface area (TPSA) is 135 Å². The number of hydrogen-bond acceptors (Lipinski definition) is 9. The number of ether oxygens (including phenoxy) is 1. The zero-order chi connectivity index (χ0) is 14.0. The number of imide groups is 1. The Morgan fingerprint density at radius 1 is 1.42 bits per heavy atom. The van der Waals surface area contributed by atoms with Gasteiger partial charge in [0.1, 0.15) is 12.6 Å². The van der Waals surface area contributed by atoms with E-state index in [0.29, 0.717) is 0 Å². The van der Waals surface area contributed by atoms with Gasteiger partial charge in [0.2, 0.25) is 23.7 Å². The Bertz CT molecular complexity index is 498. The summed E-state index contributed by atoms with van der Waals surface area (Å²) in [5.74, 6) is 4.60. The Hall–Kier alpha value is -2.49. The monoisotopic (exact) mass is 267 g/mol. The highest BCUT2D eigenvalue weighted by molar-refractivity contribution is 6.04. The highest BCUT2D eigenvalue weighted by Crippen LogP contribution is 2.18. The van der Waals surface area contributed by atoms with Crippen molar-refractivity contribution in [3.05, 3.63) is 0 Å². The van der Waals surface area contributed by atoms with Crippen molar-refractivity contribution >= 4 is 23.7 Å². The maximum atomic E-state index is 11.6. The van der Waals surface area contributed by atoms with Crippen LogP contribution >= 0.6 is 0 Å². The second-order valence-electron chi connectivity index (χ2n) is 3.81. The molecule has 1 aliphatic rings. The lowest BCUT2D eigenvalue weighted by atomic mass is 10.2. The van der Waals surface area contributed by atoms with Crippen molar-refractivity contribution < 1.29 is 14.3 Å². The van der Waals surface area contributed by atoms with Gasteiger partial charge < -0.3 is 9.64 Å². The van der Waals surface area contributed by atoms with E-state index in [1.54, 1.807) is 6.92 Å². The number of amides is 2. The first-order valence-corrected chi connectivity index (χ1v) is 5.42. The minimum atomic E-state index is -0.588. The van der Waals surface area contributed by atoms with Crippen molar-refractivity contribution in [3.8, 4) is 6.01 Å². The molecule has 0 bridgehead atoms. The SMILES string of the molecule is COc1nc(NN)nc(N2CC(=O)NC(=O)C2C)n1. The van der Waals surface area contributed by atoms with Gasteiger partial charge in [0, 0.05) is 0 Å². The fourth-order valence-corrected chi connectivity index (χ4v) is 1.59. The number of nitrogens with zero attached hydrogens (tertiary/aromatic N) is 4. The molecule has 0 radical (unpaired) electrons. The number of nitrogen functional groups attached to an aromatic ring is 1. The van der Waals surface area contributed by atoms with Crippen molar-refractivity contribution in [1.29, 1.82) is 0 Å². The number of carbonyl (C=O) groups is 2. The molecule has 0 spiro atoms. The van der Waals surface area contributed by atoms with Crippen LogP contribution in [0.1, 0.15) is 6.92 Å². The molecule has 0 aliphatic carbocycles. The van der Waals surface area contributed by atoms with E-state index in [-0.39, 0.29) is 24.5 Å². The minimum absolute atomic E-state index is 0.0311. The van der Waals surface area contributed by atoms with Crippen LogP contribution < -0.4 is 26.2 Å². The van der Waals surface area contributed by atoms with Gasteiger partial charge in [-0.05, 0) is 6.92 Å². The molecule has 4 N–H and O–H groups in total. The van der Waals surface area contributed by atoms with Crippen LogP contribution in [0, 0.1) is 0 Å². The molecule has 1 fully saturated rings. The number of hydrogen-bond donors (Lipinski definition) is 3. The van der Waals surface area contributed by atoms with E-state index in [1.807, 2.05) is 0 Å². The Kier molecular flexibility index (Phi) is 3.42. The number of nitrogens with one attached hydrogen (secondary N) is 2. The normalized spacial score (nSPS) is 19.1. The van der Waals surface area contributed by atoms with E-state index in [1.165, 1.54) is 12.0 Å². The maximum absolute atomic E-state index is 11.6. The first-order valence-electron chi connectivity index (χ1n) is 5.42. The molecule has 2 amide bonds. The summed E-state index contributed by atoms with van der Waals surface area (Å²) >= 11 is 0. The lowest BCUT2D eigenvalue weighted by molar-refractivity contribution is -0.132. The van der Waals surface area contributed by atoms with Crippen molar-refractivity contribution in [2.24, 2.45) is 5.84 Å². The van der Waals surface area contributed by atoms with E-state index in [4.69, 9.17) is 10.6 Å². The molecule has 10 nitrogen and oxygen atoms in total. The fourth-order valence-electron chi connectivity index (χ4n) is 1.59. The van der Waals surface area contributed by atoms with Crippen LogP contribution in [0.2, 0.25) is 0 Å². The number of anilines is 2. The Labute approximate surface area is 108 Å². The molecule has 1 saturated heterocycles. The summed E-state index contributed by atoms with van der Waals surface area (Å²) in [5.41, 5.74) is 2.26. The highest BCUT2D eigenvalue weighted by atomic mass is 16.5. The third-order valence-corrected chi connectivity index (χ3v) is 2.60. The summed E-state index contributed by atoms with van der Waals surface area (Å²) in [7, 11) is 1.39. The van der Waals surface area contributed by atoms with Crippen LogP contribution in [0.3, 0.4) is 0 Å². The van der Waals surface area contributed by atoms with Crippen molar-refractivity contribution in [3.63, 3.8) is 0 Å². The smallest absolute Gasteiger partial charge is 0.322 e. The molecule has 1 aromatic rings. The Balaban J connectivity index is 2.39. The van der Waals surface area contributed by atoms with Crippen LogP contribution in [0.25, 0.3) is 0 Å². The van der Waals surface area contributed by atoms with Gasteiger partial charge in [0.05, 0.1) is 7.11 Å². The fraction of sp³-hybridized carbons (Fsp3) is 0.444. The summed E-state index contributed by atoms with van der Waals surface area (Å²) < 4.78 is 4.91. The number of nitrogens with two attached hydrogens (primary N) is 1. The molecule has 1 aromatic heterocycles. The van der Waals surface area contributed by atoms with E-state index in [9.17, 15) is 9.59 Å². The first kappa shape index (κ1) is 13.0. The van der Waals surface area contributed by atoms with Gasteiger partial charge in [-0.3, -0.25) is 20.3 Å². The van der Waals surface area contributed by atoms with Crippen molar-refractivity contribution in [2.45, 2.75) is 13.0 Å². The second-order valence-corrected chi connectivity index (χ2v) is 3.81. The van der Waals surface area contributed by atoms with E-state index in [0.717, 1.165) is 0 Å².